The van der Waals surface area contributed by atoms with Gasteiger partial charge in [0.1, 0.15) is 0 Å². The van der Waals surface area contributed by atoms with Crippen LogP contribution in [0.25, 0.3) is 11.3 Å². The van der Waals surface area contributed by atoms with E-state index in [0.717, 1.165) is 17.8 Å². The number of benzene rings is 2. The first-order valence-corrected chi connectivity index (χ1v) is 8.90. The van der Waals surface area contributed by atoms with Crippen molar-refractivity contribution in [2.45, 2.75) is 19.9 Å². The molecule has 0 fully saturated rings. The van der Waals surface area contributed by atoms with Gasteiger partial charge in [0.05, 0.1) is 6.04 Å². The van der Waals surface area contributed by atoms with Gasteiger partial charge < -0.3 is 10.2 Å². The van der Waals surface area contributed by atoms with E-state index in [9.17, 15) is 0 Å². The van der Waals surface area contributed by atoms with E-state index in [1.807, 2.05) is 48.5 Å². The molecule has 0 aliphatic rings. The molecule has 2 aromatic heterocycles. The number of nitrogens with one attached hydrogen (secondary N) is 1. The third-order valence-corrected chi connectivity index (χ3v) is 4.39. The van der Waals surface area contributed by atoms with Gasteiger partial charge in [-0.1, -0.05) is 48.5 Å². The van der Waals surface area contributed by atoms with Crippen LogP contribution in [-0.4, -0.2) is 26.8 Å². The Hall–Kier alpha value is -3.48. The Kier molecular flexibility index (Phi) is 4.65. The lowest BCUT2D eigenvalue weighted by atomic mass is 10.1. The zero-order chi connectivity index (χ0) is 18.6. The van der Waals surface area contributed by atoms with E-state index in [-0.39, 0.29) is 6.04 Å². The predicted octanol–water partition coefficient (Wildman–Crippen LogP) is 4.34. The highest BCUT2D eigenvalue weighted by Crippen LogP contribution is 2.32. The molecule has 4 rings (SSSR count). The van der Waals surface area contributed by atoms with Crippen molar-refractivity contribution in [1.82, 2.24) is 20.3 Å². The van der Waals surface area contributed by atoms with Crippen LogP contribution in [-0.2, 0) is 0 Å². The van der Waals surface area contributed by atoms with Crippen LogP contribution in [0.5, 0.6) is 0 Å². The van der Waals surface area contributed by atoms with Gasteiger partial charge in [0, 0.05) is 12.2 Å². The zero-order valence-corrected chi connectivity index (χ0v) is 15.2. The Morgan fingerprint density at radius 1 is 0.926 bits per heavy atom. The number of aromatic nitrogens is 4. The summed E-state index contributed by atoms with van der Waals surface area (Å²) < 4.78 is 4.81. The molecule has 7 nitrogen and oxygen atoms in total. The lowest BCUT2D eigenvalue weighted by Crippen LogP contribution is -2.21. The minimum absolute atomic E-state index is 0.0473. The van der Waals surface area contributed by atoms with E-state index in [1.54, 1.807) is 0 Å². The highest BCUT2D eigenvalue weighted by atomic mass is 16.6. The number of anilines is 3. The fourth-order valence-corrected chi connectivity index (χ4v) is 3.01. The van der Waals surface area contributed by atoms with Crippen molar-refractivity contribution in [3.63, 3.8) is 0 Å². The quantitative estimate of drug-likeness (QED) is 0.548. The Morgan fingerprint density at radius 3 is 2.22 bits per heavy atom. The smallest absolute Gasteiger partial charge is 0.245 e. The summed E-state index contributed by atoms with van der Waals surface area (Å²) in [6.45, 7) is 4.89. The summed E-state index contributed by atoms with van der Waals surface area (Å²) in [6, 6.07) is 20.3. The van der Waals surface area contributed by atoms with Crippen LogP contribution >= 0.6 is 0 Å². The van der Waals surface area contributed by atoms with Crippen LogP contribution in [0.3, 0.4) is 0 Å². The number of fused-ring (bicyclic) bond motifs is 1. The summed E-state index contributed by atoms with van der Waals surface area (Å²) in [5, 5.41) is 11.2. The van der Waals surface area contributed by atoms with Gasteiger partial charge in [0.15, 0.2) is 11.6 Å². The molecule has 2 heterocycles. The molecular formula is C20H20N6O. The van der Waals surface area contributed by atoms with Gasteiger partial charge in [-0.15, -0.1) is 0 Å². The summed E-state index contributed by atoms with van der Waals surface area (Å²) in [6.07, 6.45) is 0. The van der Waals surface area contributed by atoms with Crippen molar-refractivity contribution in [3.05, 3.63) is 66.2 Å². The summed E-state index contributed by atoms with van der Waals surface area (Å²) in [5.41, 5.74) is 2.95. The molecule has 0 radical (unpaired) electrons. The number of hydrogen-bond donors (Lipinski definition) is 1. The van der Waals surface area contributed by atoms with Gasteiger partial charge in [0.25, 0.3) is 0 Å². The molecule has 0 aliphatic heterocycles. The monoisotopic (exact) mass is 360 g/mol. The minimum atomic E-state index is 0.0473. The molecule has 0 saturated carbocycles. The predicted molar refractivity (Wildman–Crippen MR) is 105 cm³/mol. The highest BCUT2D eigenvalue weighted by molar-refractivity contribution is 5.77. The van der Waals surface area contributed by atoms with Crippen molar-refractivity contribution < 1.29 is 4.63 Å². The normalized spacial score (nSPS) is 12.1. The second-order valence-electron chi connectivity index (χ2n) is 6.16. The van der Waals surface area contributed by atoms with Gasteiger partial charge in [-0.3, -0.25) is 0 Å². The molecule has 1 atom stereocenters. The van der Waals surface area contributed by atoms with Gasteiger partial charge in [-0.05, 0) is 41.9 Å². The second-order valence-corrected chi connectivity index (χ2v) is 6.16. The van der Waals surface area contributed by atoms with Gasteiger partial charge in [0.2, 0.25) is 11.3 Å². The molecule has 1 N–H and O–H groups in total. The van der Waals surface area contributed by atoms with E-state index in [0.29, 0.717) is 22.9 Å². The lowest BCUT2D eigenvalue weighted by molar-refractivity contribution is 0.314. The Morgan fingerprint density at radius 2 is 1.56 bits per heavy atom. The van der Waals surface area contributed by atoms with Crippen molar-refractivity contribution in [3.8, 4) is 0 Å². The summed E-state index contributed by atoms with van der Waals surface area (Å²) >= 11 is 0. The van der Waals surface area contributed by atoms with Gasteiger partial charge >= 0.3 is 0 Å². The maximum absolute atomic E-state index is 4.81. The lowest BCUT2D eigenvalue weighted by Gasteiger charge is -2.25. The average Bonchev–Trinajstić information content (AvgIpc) is 3.17. The van der Waals surface area contributed by atoms with Crippen LogP contribution < -0.4 is 10.2 Å². The summed E-state index contributed by atoms with van der Waals surface area (Å²) in [4.78, 5) is 11.4. The molecule has 2 aromatic carbocycles. The van der Waals surface area contributed by atoms with Crippen LogP contribution in [0.2, 0.25) is 0 Å². The average molecular weight is 360 g/mol. The number of hydrogen-bond acceptors (Lipinski definition) is 7. The molecule has 0 bridgehead atoms. The van der Waals surface area contributed by atoms with E-state index < -0.39 is 0 Å². The maximum atomic E-state index is 4.81. The summed E-state index contributed by atoms with van der Waals surface area (Å²) in [7, 11) is 0. The van der Waals surface area contributed by atoms with E-state index in [2.05, 4.69) is 56.5 Å². The third kappa shape index (κ3) is 3.44. The zero-order valence-electron chi connectivity index (χ0n) is 15.2. The fraction of sp³-hybridized carbons (Fsp3) is 0.200. The third-order valence-electron chi connectivity index (χ3n) is 4.39. The minimum Gasteiger partial charge on any atom is -0.360 e. The van der Waals surface area contributed by atoms with Gasteiger partial charge in [-0.2, -0.15) is 0 Å². The van der Waals surface area contributed by atoms with Crippen molar-refractivity contribution in [2.75, 3.05) is 16.8 Å². The van der Waals surface area contributed by atoms with Crippen LogP contribution in [0, 0.1) is 0 Å². The first-order valence-electron chi connectivity index (χ1n) is 8.90. The topological polar surface area (TPSA) is 80.0 Å². The Bertz CT molecular complexity index is 1020. The van der Waals surface area contributed by atoms with E-state index in [4.69, 9.17) is 4.63 Å². The fourth-order valence-electron chi connectivity index (χ4n) is 3.01. The SMILES string of the molecule is CCN(c1ccccc1)c1nc2nonc2nc1N[C@H](C)c1ccccc1. The Labute approximate surface area is 157 Å². The molecule has 0 unspecified atom stereocenters. The molecule has 4 aromatic rings. The highest BCUT2D eigenvalue weighted by Gasteiger charge is 2.20. The van der Waals surface area contributed by atoms with Crippen LogP contribution in [0.4, 0.5) is 17.3 Å². The number of rotatable bonds is 6. The summed E-state index contributed by atoms with van der Waals surface area (Å²) in [5.74, 6) is 1.33. The first-order chi connectivity index (χ1) is 13.3. The first kappa shape index (κ1) is 17.0. The maximum Gasteiger partial charge on any atom is 0.245 e. The second kappa shape index (κ2) is 7.41. The van der Waals surface area contributed by atoms with Crippen molar-refractivity contribution in [1.29, 1.82) is 0 Å². The number of para-hydroxylation sites is 1. The van der Waals surface area contributed by atoms with E-state index >= 15 is 0 Å². The molecule has 7 heteroatoms. The molecule has 0 spiro atoms. The molecular weight excluding hydrogens is 340 g/mol. The van der Waals surface area contributed by atoms with Crippen molar-refractivity contribution in [2.24, 2.45) is 0 Å². The molecule has 0 aliphatic carbocycles. The molecule has 0 amide bonds. The molecule has 136 valence electrons. The standard InChI is InChI=1S/C20H20N6O/c1-3-26(16-12-8-5-9-13-16)20-19(22-17-18(23-20)25-27-24-17)21-14(2)15-10-6-4-7-11-15/h4-14H,3H2,1-2H3,(H,21,22,24)/t14-/m1/s1. The van der Waals surface area contributed by atoms with Gasteiger partial charge in [-0.25, -0.2) is 14.6 Å². The van der Waals surface area contributed by atoms with Crippen LogP contribution in [0.1, 0.15) is 25.5 Å². The van der Waals surface area contributed by atoms with Crippen LogP contribution in [0.15, 0.2) is 65.3 Å². The van der Waals surface area contributed by atoms with Crippen molar-refractivity contribution >= 4 is 28.6 Å². The Balaban J connectivity index is 1.77. The molecule has 27 heavy (non-hydrogen) atoms. The van der Waals surface area contributed by atoms with E-state index in [1.165, 1.54) is 0 Å². The largest absolute Gasteiger partial charge is 0.360 e. The number of nitrogens with zero attached hydrogens (tertiary/aromatic N) is 5. The molecule has 0 saturated heterocycles.